The highest BCUT2D eigenvalue weighted by molar-refractivity contribution is 8.93. The van der Waals surface area contributed by atoms with Crippen molar-refractivity contribution in [3.63, 3.8) is 0 Å². The van der Waals surface area contributed by atoms with Crippen LogP contribution in [0.5, 0.6) is 0 Å². The van der Waals surface area contributed by atoms with Gasteiger partial charge in [0.25, 0.3) is 0 Å². The summed E-state index contributed by atoms with van der Waals surface area (Å²) in [5, 5.41) is 3.64. The minimum atomic E-state index is 0. The standard InChI is InChI=1S/C24H43N.BrH/c1-3-4-5-6-7-8-9-10-11-12-13-14-15-19-22-25-23(2)24-20-17-16-18-21-24;/h16-18,20-21,23,25H,3-15,19,22H2,1-2H3;1H. The molecule has 152 valence electrons. The van der Waals surface area contributed by atoms with Gasteiger partial charge in [0.1, 0.15) is 0 Å². The molecular weight excluding hydrogens is 382 g/mol. The Morgan fingerprint density at radius 3 is 1.54 bits per heavy atom. The topological polar surface area (TPSA) is 12.0 Å². The van der Waals surface area contributed by atoms with E-state index in [0.29, 0.717) is 6.04 Å². The number of hydrogen-bond acceptors (Lipinski definition) is 1. The van der Waals surface area contributed by atoms with Crippen LogP contribution in [0.4, 0.5) is 0 Å². The van der Waals surface area contributed by atoms with E-state index in [4.69, 9.17) is 0 Å². The van der Waals surface area contributed by atoms with E-state index in [0.717, 1.165) is 6.54 Å². The van der Waals surface area contributed by atoms with Crippen molar-refractivity contribution in [2.24, 2.45) is 0 Å². The van der Waals surface area contributed by atoms with Gasteiger partial charge in [-0.05, 0) is 25.5 Å². The minimum Gasteiger partial charge on any atom is -0.310 e. The maximum Gasteiger partial charge on any atom is 0.0291 e. The molecule has 0 saturated carbocycles. The van der Waals surface area contributed by atoms with Gasteiger partial charge in [-0.3, -0.25) is 0 Å². The Hall–Kier alpha value is -0.340. The van der Waals surface area contributed by atoms with Gasteiger partial charge >= 0.3 is 0 Å². The molecule has 0 aliphatic heterocycles. The summed E-state index contributed by atoms with van der Waals surface area (Å²) in [4.78, 5) is 0. The highest BCUT2D eigenvalue weighted by atomic mass is 79.9. The molecule has 0 bridgehead atoms. The molecule has 26 heavy (non-hydrogen) atoms. The van der Waals surface area contributed by atoms with Gasteiger partial charge in [-0.15, -0.1) is 17.0 Å². The molecule has 1 aromatic rings. The van der Waals surface area contributed by atoms with Crippen molar-refractivity contribution in [1.82, 2.24) is 5.32 Å². The average Bonchev–Trinajstić information content (AvgIpc) is 2.65. The van der Waals surface area contributed by atoms with Crippen LogP contribution in [-0.2, 0) is 0 Å². The fraction of sp³-hybridized carbons (Fsp3) is 0.750. The zero-order valence-electron chi connectivity index (χ0n) is 17.5. The zero-order valence-corrected chi connectivity index (χ0v) is 19.2. The summed E-state index contributed by atoms with van der Waals surface area (Å²) >= 11 is 0. The van der Waals surface area contributed by atoms with Gasteiger partial charge in [0.05, 0.1) is 0 Å². The van der Waals surface area contributed by atoms with Gasteiger partial charge < -0.3 is 5.32 Å². The van der Waals surface area contributed by atoms with E-state index in [9.17, 15) is 0 Å². The van der Waals surface area contributed by atoms with E-state index in [1.54, 1.807) is 0 Å². The first-order valence-corrected chi connectivity index (χ1v) is 11.1. The number of rotatable bonds is 17. The SMILES string of the molecule is Br.CCCCCCCCCCCCCCCCNC(C)c1ccccc1. The van der Waals surface area contributed by atoms with Gasteiger partial charge in [-0.2, -0.15) is 0 Å². The quantitative estimate of drug-likeness (QED) is 0.247. The Balaban J connectivity index is 0.00000625. The molecule has 1 unspecified atom stereocenters. The summed E-state index contributed by atoms with van der Waals surface area (Å²) < 4.78 is 0. The van der Waals surface area contributed by atoms with E-state index in [1.807, 2.05) is 0 Å². The lowest BCUT2D eigenvalue weighted by Gasteiger charge is -2.13. The molecule has 0 fully saturated rings. The maximum absolute atomic E-state index is 3.64. The van der Waals surface area contributed by atoms with E-state index in [2.05, 4.69) is 49.5 Å². The van der Waals surface area contributed by atoms with Crippen LogP contribution in [0, 0.1) is 0 Å². The van der Waals surface area contributed by atoms with Crippen LogP contribution >= 0.6 is 17.0 Å². The average molecular weight is 427 g/mol. The maximum atomic E-state index is 3.64. The van der Waals surface area contributed by atoms with Crippen molar-refractivity contribution < 1.29 is 0 Å². The highest BCUT2D eigenvalue weighted by Crippen LogP contribution is 2.14. The molecule has 1 N–H and O–H groups in total. The molecule has 0 saturated heterocycles. The van der Waals surface area contributed by atoms with Crippen molar-refractivity contribution in [3.8, 4) is 0 Å². The fourth-order valence-electron chi connectivity index (χ4n) is 3.50. The van der Waals surface area contributed by atoms with Gasteiger partial charge in [0.2, 0.25) is 0 Å². The van der Waals surface area contributed by atoms with Crippen LogP contribution in [0.3, 0.4) is 0 Å². The molecule has 0 aliphatic carbocycles. The smallest absolute Gasteiger partial charge is 0.0291 e. The third-order valence-electron chi connectivity index (χ3n) is 5.28. The van der Waals surface area contributed by atoms with Crippen LogP contribution in [0.15, 0.2) is 30.3 Å². The molecule has 0 spiro atoms. The van der Waals surface area contributed by atoms with Crippen LogP contribution in [0.2, 0.25) is 0 Å². The van der Waals surface area contributed by atoms with Crippen molar-refractivity contribution in [2.45, 2.75) is 110 Å². The summed E-state index contributed by atoms with van der Waals surface area (Å²) in [6.07, 6.45) is 20.0. The molecule has 1 nitrogen and oxygen atoms in total. The summed E-state index contributed by atoms with van der Waals surface area (Å²) in [7, 11) is 0. The number of halogens is 1. The molecule has 2 heteroatoms. The molecule has 1 rings (SSSR count). The van der Waals surface area contributed by atoms with E-state index in [1.165, 1.54) is 95.5 Å². The first kappa shape index (κ1) is 25.7. The normalized spacial score (nSPS) is 11.9. The van der Waals surface area contributed by atoms with Crippen molar-refractivity contribution in [3.05, 3.63) is 35.9 Å². The van der Waals surface area contributed by atoms with Gasteiger partial charge in [-0.1, -0.05) is 121 Å². The Morgan fingerprint density at radius 2 is 1.08 bits per heavy atom. The zero-order chi connectivity index (χ0) is 18.0. The lowest BCUT2D eigenvalue weighted by atomic mass is 10.0. The Kier molecular flexibility index (Phi) is 19.2. The second-order valence-electron chi connectivity index (χ2n) is 7.68. The van der Waals surface area contributed by atoms with Crippen molar-refractivity contribution in [2.75, 3.05) is 6.54 Å². The lowest BCUT2D eigenvalue weighted by molar-refractivity contribution is 0.513. The molecule has 0 heterocycles. The third kappa shape index (κ3) is 14.8. The van der Waals surface area contributed by atoms with Crippen LogP contribution in [-0.4, -0.2) is 6.54 Å². The molecule has 0 aliphatic rings. The molecule has 0 amide bonds. The number of hydrogen-bond donors (Lipinski definition) is 1. The lowest BCUT2D eigenvalue weighted by Crippen LogP contribution is -2.19. The van der Waals surface area contributed by atoms with Crippen LogP contribution in [0.1, 0.15) is 115 Å². The first-order chi connectivity index (χ1) is 12.3. The molecule has 1 aromatic carbocycles. The van der Waals surface area contributed by atoms with Gasteiger partial charge in [0, 0.05) is 6.04 Å². The molecule has 0 radical (unpaired) electrons. The number of unbranched alkanes of at least 4 members (excludes halogenated alkanes) is 13. The second-order valence-corrected chi connectivity index (χ2v) is 7.68. The highest BCUT2D eigenvalue weighted by Gasteiger charge is 2.02. The predicted molar refractivity (Wildman–Crippen MR) is 123 cm³/mol. The summed E-state index contributed by atoms with van der Waals surface area (Å²) in [6, 6.07) is 11.2. The monoisotopic (exact) mass is 425 g/mol. The minimum absolute atomic E-state index is 0. The molecule has 0 aromatic heterocycles. The van der Waals surface area contributed by atoms with E-state index >= 15 is 0 Å². The van der Waals surface area contributed by atoms with Gasteiger partial charge in [-0.25, -0.2) is 0 Å². The summed E-state index contributed by atoms with van der Waals surface area (Å²) in [6.45, 7) is 5.70. The predicted octanol–water partition coefficient (Wildman–Crippen LogP) is 8.40. The Labute approximate surface area is 174 Å². The molecule has 1 atom stereocenters. The number of nitrogens with one attached hydrogen (secondary N) is 1. The largest absolute Gasteiger partial charge is 0.310 e. The molecular formula is C24H44BrN. The van der Waals surface area contributed by atoms with Crippen LogP contribution in [0.25, 0.3) is 0 Å². The first-order valence-electron chi connectivity index (χ1n) is 11.1. The Bertz CT molecular complexity index is 379. The third-order valence-corrected chi connectivity index (χ3v) is 5.28. The van der Waals surface area contributed by atoms with Crippen LogP contribution < -0.4 is 5.32 Å². The van der Waals surface area contributed by atoms with E-state index < -0.39 is 0 Å². The Morgan fingerprint density at radius 1 is 0.654 bits per heavy atom. The van der Waals surface area contributed by atoms with Crippen molar-refractivity contribution >= 4 is 17.0 Å². The number of benzene rings is 1. The van der Waals surface area contributed by atoms with E-state index in [-0.39, 0.29) is 17.0 Å². The fourth-order valence-corrected chi connectivity index (χ4v) is 3.50. The van der Waals surface area contributed by atoms with Crippen molar-refractivity contribution in [1.29, 1.82) is 0 Å². The van der Waals surface area contributed by atoms with Gasteiger partial charge in [0.15, 0.2) is 0 Å². The summed E-state index contributed by atoms with van der Waals surface area (Å²) in [5.74, 6) is 0. The summed E-state index contributed by atoms with van der Waals surface area (Å²) in [5.41, 5.74) is 1.40. The second kappa shape index (κ2) is 19.4.